The molecular weight excluding hydrogens is 286 g/mol. The zero-order valence-corrected chi connectivity index (χ0v) is 13.6. The summed E-state index contributed by atoms with van der Waals surface area (Å²) in [5.74, 6) is 0. The normalized spacial score (nSPS) is 31.3. The van der Waals surface area contributed by atoms with Crippen LogP contribution in [0.2, 0.25) is 0 Å². The van der Waals surface area contributed by atoms with E-state index >= 15 is 0 Å². The van der Waals surface area contributed by atoms with Crippen molar-refractivity contribution in [2.45, 2.75) is 37.3 Å². The Bertz CT molecular complexity index is 360. The maximum Gasteiger partial charge on any atom is 0.0870 e. The van der Waals surface area contributed by atoms with E-state index in [1.165, 1.54) is 6.42 Å². The van der Waals surface area contributed by atoms with Gasteiger partial charge in [-0.3, -0.25) is 9.80 Å². The molecule has 0 aromatic carbocycles. The molecule has 1 atom stereocenters. The standard InChI is InChI=1S/C15H27N3O2S/c16-14(21)12-17-4-6-18(7-5-17)13-1-8-20-15(11-13)2-9-19-10-3-15/h13H,1-12H2,(H2,16,21). The SMILES string of the molecule is NC(=S)CN1CCN(C2CCOC3(CCOCC3)C2)CC1. The van der Waals surface area contributed by atoms with Crippen LogP contribution in [0.15, 0.2) is 0 Å². The van der Waals surface area contributed by atoms with Crippen LogP contribution in [0.4, 0.5) is 0 Å². The monoisotopic (exact) mass is 313 g/mol. The third-order valence-corrected chi connectivity index (χ3v) is 5.30. The minimum Gasteiger partial charge on any atom is -0.392 e. The number of nitrogens with two attached hydrogens (primary N) is 1. The van der Waals surface area contributed by atoms with Gasteiger partial charge in [-0.25, -0.2) is 0 Å². The molecule has 3 saturated heterocycles. The van der Waals surface area contributed by atoms with Crippen molar-refractivity contribution >= 4 is 17.2 Å². The van der Waals surface area contributed by atoms with Crippen molar-refractivity contribution in [1.29, 1.82) is 0 Å². The zero-order valence-electron chi connectivity index (χ0n) is 12.8. The number of piperazine rings is 1. The van der Waals surface area contributed by atoms with Gasteiger partial charge in [-0.1, -0.05) is 12.2 Å². The zero-order chi connectivity index (χ0) is 14.7. The predicted octanol–water partition coefficient (Wildman–Crippen LogP) is 0.618. The Kier molecular flexibility index (Phi) is 5.11. The number of rotatable bonds is 3. The summed E-state index contributed by atoms with van der Waals surface area (Å²) in [5.41, 5.74) is 5.74. The van der Waals surface area contributed by atoms with Crippen molar-refractivity contribution in [2.24, 2.45) is 5.73 Å². The van der Waals surface area contributed by atoms with Gasteiger partial charge in [0.15, 0.2) is 0 Å². The lowest BCUT2D eigenvalue weighted by molar-refractivity contribution is -0.153. The predicted molar refractivity (Wildman–Crippen MR) is 86.6 cm³/mol. The van der Waals surface area contributed by atoms with E-state index in [0.29, 0.717) is 11.0 Å². The quantitative estimate of drug-likeness (QED) is 0.771. The van der Waals surface area contributed by atoms with Crippen molar-refractivity contribution in [3.8, 4) is 0 Å². The van der Waals surface area contributed by atoms with Gasteiger partial charge in [0.1, 0.15) is 0 Å². The molecule has 21 heavy (non-hydrogen) atoms. The highest BCUT2D eigenvalue weighted by Crippen LogP contribution is 2.36. The number of hydrogen-bond acceptors (Lipinski definition) is 5. The summed E-state index contributed by atoms with van der Waals surface area (Å²) in [7, 11) is 0. The molecule has 1 unspecified atom stereocenters. The van der Waals surface area contributed by atoms with Gasteiger partial charge in [0.25, 0.3) is 0 Å². The third kappa shape index (κ3) is 3.93. The highest BCUT2D eigenvalue weighted by Gasteiger charge is 2.41. The summed E-state index contributed by atoms with van der Waals surface area (Å²) in [4.78, 5) is 5.62. The Morgan fingerprint density at radius 1 is 1.14 bits per heavy atom. The Morgan fingerprint density at radius 3 is 2.52 bits per heavy atom. The van der Waals surface area contributed by atoms with E-state index in [2.05, 4.69) is 9.80 Å². The molecule has 1 spiro atoms. The largest absolute Gasteiger partial charge is 0.392 e. The molecule has 0 aliphatic carbocycles. The molecule has 6 heteroatoms. The fraction of sp³-hybridized carbons (Fsp3) is 0.933. The van der Waals surface area contributed by atoms with Crippen LogP contribution in [0.1, 0.15) is 25.7 Å². The van der Waals surface area contributed by atoms with E-state index in [0.717, 1.165) is 71.8 Å². The van der Waals surface area contributed by atoms with E-state index < -0.39 is 0 Å². The van der Waals surface area contributed by atoms with E-state index in [1.807, 2.05) is 0 Å². The molecule has 3 heterocycles. The Labute approximate surface area is 132 Å². The van der Waals surface area contributed by atoms with E-state index in [4.69, 9.17) is 27.4 Å². The van der Waals surface area contributed by atoms with Gasteiger partial charge in [0, 0.05) is 58.6 Å². The minimum absolute atomic E-state index is 0.0944. The second kappa shape index (κ2) is 6.87. The van der Waals surface area contributed by atoms with Gasteiger partial charge >= 0.3 is 0 Å². The lowest BCUT2D eigenvalue weighted by Gasteiger charge is -2.48. The van der Waals surface area contributed by atoms with Crippen LogP contribution in [0.3, 0.4) is 0 Å². The molecule has 0 radical (unpaired) electrons. The maximum atomic E-state index is 6.15. The molecule has 0 aromatic heterocycles. The molecule has 3 rings (SSSR count). The minimum atomic E-state index is 0.0944. The molecule has 0 amide bonds. The summed E-state index contributed by atoms with van der Waals surface area (Å²) in [6, 6.07) is 0.670. The third-order valence-electron chi connectivity index (χ3n) is 5.17. The second-order valence-electron chi connectivity index (χ2n) is 6.57. The summed E-state index contributed by atoms with van der Waals surface area (Å²) in [6.45, 7) is 7.77. The number of ether oxygens (including phenoxy) is 2. The average molecular weight is 313 g/mol. The van der Waals surface area contributed by atoms with E-state index in [-0.39, 0.29) is 5.60 Å². The lowest BCUT2D eigenvalue weighted by atomic mass is 9.83. The first-order chi connectivity index (χ1) is 10.2. The summed E-state index contributed by atoms with van der Waals surface area (Å²) in [5, 5.41) is 0. The van der Waals surface area contributed by atoms with Crippen LogP contribution in [-0.4, -0.2) is 79.0 Å². The van der Waals surface area contributed by atoms with Crippen LogP contribution in [-0.2, 0) is 9.47 Å². The topological polar surface area (TPSA) is 51.0 Å². The number of nitrogens with zero attached hydrogens (tertiary/aromatic N) is 2. The van der Waals surface area contributed by atoms with Gasteiger partial charge in [-0.15, -0.1) is 0 Å². The van der Waals surface area contributed by atoms with Crippen LogP contribution >= 0.6 is 12.2 Å². The first-order valence-electron chi connectivity index (χ1n) is 8.13. The van der Waals surface area contributed by atoms with Crippen molar-refractivity contribution in [2.75, 3.05) is 52.5 Å². The summed E-state index contributed by atoms with van der Waals surface area (Å²) < 4.78 is 11.7. The second-order valence-corrected chi connectivity index (χ2v) is 7.09. The molecule has 5 nitrogen and oxygen atoms in total. The average Bonchev–Trinajstić information content (AvgIpc) is 2.48. The van der Waals surface area contributed by atoms with Crippen molar-refractivity contribution in [3.05, 3.63) is 0 Å². The van der Waals surface area contributed by atoms with Crippen LogP contribution < -0.4 is 5.73 Å². The van der Waals surface area contributed by atoms with Gasteiger partial charge < -0.3 is 15.2 Å². The molecular formula is C15H27N3O2S. The molecule has 0 bridgehead atoms. The van der Waals surface area contributed by atoms with E-state index in [1.54, 1.807) is 0 Å². The molecule has 2 N–H and O–H groups in total. The van der Waals surface area contributed by atoms with Crippen molar-refractivity contribution in [3.63, 3.8) is 0 Å². The lowest BCUT2D eigenvalue weighted by Crippen LogP contribution is -2.56. The van der Waals surface area contributed by atoms with Crippen molar-refractivity contribution in [1.82, 2.24) is 9.80 Å². The Balaban J connectivity index is 1.52. The molecule has 3 aliphatic heterocycles. The van der Waals surface area contributed by atoms with Crippen LogP contribution in [0.5, 0.6) is 0 Å². The van der Waals surface area contributed by atoms with Gasteiger partial charge in [0.2, 0.25) is 0 Å². The van der Waals surface area contributed by atoms with Crippen LogP contribution in [0, 0.1) is 0 Å². The molecule has 0 aromatic rings. The first-order valence-corrected chi connectivity index (χ1v) is 8.54. The molecule has 3 fully saturated rings. The van der Waals surface area contributed by atoms with Gasteiger partial charge in [-0.05, 0) is 25.7 Å². The number of hydrogen-bond donors (Lipinski definition) is 1. The maximum absolute atomic E-state index is 6.15. The Morgan fingerprint density at radius 2 is 1.86 bits per heavy atom. The van der Waals surface area contributed by atoms with Gasteiger partial charge in [0.05, 0.1) is 10.6 Å². The highest BCUT2D eigenvalue weighted by molar-refractivity contribution is 7.80. The Hall–Kier alpha value is -0.270. The fourth-order valence-corrected chi connectivity index (χ4v) is 4.09. The highest BCUT2D eigenvalue weighted by atomic mass is 32.1. The van der Waals surface area contributed by atoms with Crippen molar-refractivity contribution < 1.29 is 9.47 Å². The smallest absolute Gasteiger partial charge is 0.0870 e. The molecule has 0 saturated carbocycles. The molecule has 3 aliphatic rings. The van der Waals surface area contributed by atoms with Crippen LogP contribution in [0.25, 0.3) is 0 Å². The van der Waals surface area contributed by atoms with E-state index in [9.17, 15) is 0 Å². The van der Waals surface area contributed by atoms with Gasteiger partial charge in [-0.2, -0.15) is 0 Å². The fourth-order valence-electron chi connectivity index (χ4n) is 3.91. The summed E-state index contributed by atoms with van der Waals surface area (Å²) in [6.07, 6.45) is 4.46. The first kappa shape index (κ1) is 15.6. The molecule has 120 valence electrons. The summed E-state index contributed by atoms with van der Waals surface area (Å²) >= 11 is 5.01. The number of thiocarbonyl (C=S) groups is 1.